The zero-order chi connectivity index (χ0) is 30.4. The fraction of sp³-hybridized carbons (Fsp3) is 0.231. The molecule has 5 aromatic carbocycles. The highest BCUT2D eigenvalue weighted by Gasteiger charge is 2.36. The van der Waals surface area contributed by atoms with Gasteiger partial charge in [-0.15, -0.1) is 0 Å². The van der Waals surface area contributed by atoms with E-state index in [4.69, 9.17) is 4.65 Å². The fourth-order valence-corrected chi connectivity index (χ4v) is 5.89. The van der Waals surface area contributed by atoms with Crippen molar-refractivity contribution >= 4 is 30.0 Å². The van der Waals surface area contributed by atoms with E-state index in [0.29, 0.717) is 7.48 Å². The minimum atomic E-state index is -0.948. The molecule has 5 aromatic rings. The lowest BCUT2D eigenvalue weighted by atomic mass is 9.82. The molecule has 43 heavy (non-hydrogen) atoms. The first-order valence-electron chi connectivity index (χ1n) is 15.1. The highest BCUT2D eigenvalue weighted by molar-refractivity contribution is 6.47. The lowest BCUT2D eigenvalue weighted by molar-refractivity contribution is -0.0893. The van der Waals surface area contributed by atoms with Gasteiger partial charge in [-0.1, -0.05) is 104 Å². The molecule has 0 saturated carbocycles. The van der Waals surface area contributed by atoms with Crippen LogP contribution in [0.2, 0.25) is 0 Å². The second kappa shape index (κ2) is 10.9. The molecular weight excluding hydrogens is 525 g/mol. The molecule has 0 amide bonds. The third-order valence-corrected chi connectivity index (χ3v) is 9.33. The van der Waals surface area contributed by atoms with Crippen LogP contribution in [-0.4, -0.2) is 23.8 Å². The molecule has 6 rings (SSSR count). The average molecular weight is 566 g/mol. The molecule has 0 heterocycles. The van der Waals surface area contributed by atoms with Gasteiger partial charge in [0.1, 0.15) is 0 Å². The van der Waals surface area contributed by atoms with Crippen molar-refractivity contribution in [3.8, 4) is 22.3 Å². The molecule has 1 aliphatic rings. The van der Waals surface area contributed by atoms with Crippen LogP contribution in [0.1, 0.15) is 52.7 Å². The summed E-state index contributed by atoms with van der Waals surface area (Å²) in [7, 11) is 0.425. The number of rotatable bonds is 8. The lowest BCUT2D eigenvalue weighted by Gasteiger charge is -2.37. The van der Waals surface area contributed by atoms with Gasteiger partial charge in [0.15, 0.2) is 0 Å². The van der Waals surface area contributed by atoms with E-state index in [-0.39, 0.29) is 5.41 Å². The summed E-state index contributed by atoms with van der Waals surface area (Å²) in [5, 5.41) is 10.5. The second-order valence-electron chi connectivity index (χ2n) is 13.2. The molecule has 0 spiro atoms. The van der Waals surface area contributed by atoms with E-state index in [1.54, 1.807) is 13.8 Å². The summed E-state index contributed by atoms with van der Waals surface area (Å²) in [5.74, 6) is 0. The van der Waals surface area contributed by atoms with E-state index >= 15 is 0 Å². The van der Waals surface area contributed by atoms with Crippen molar-refractivity contribution in [2.75, 3.05) is 4.90 Å². The van der Waals surface area contributed by atoms with Crippen molar-refractivity contribution in [3.05, 3.63) is 132 Å². The van der Waals surface area contributed by atoms with Gasteiger partial charge in [0.25, 0.3) is 0 Å². The largest absolute Gasteiger partial charge is 0.427 e. The van der Waals surface area contributed by atoms with Crippen molar-refractivity contribution in [1.82, 2.24) is 0 Å². The summed E-state index contributed by atoms with van der Waals surface area (Å²) in [4.78, 5) is 2.33. The maximum absolute atomic E-state index is 10.5. The molecule has 1 N–H and O–H groups in total. The Morgan fingerprint density at radius 2 is 1.14 bits per heavy atom. The van der Waals surface area contributed by atoms with Crippen LogP contribution in [0, 0.1) is 0 Å². The molecule has 1 aliphatic carbocycles. The molecule has 0 fully saturated rings. The van der Waals surface area contributed by atoms with Crippen LogP contribution in [-0.2, 0) is 10.1 Å². The Morgan fingerprint density at radius 3 is 1.79 bits per heavy atom. The van der Waals surface area contributed by atoms with Crippen LogP contribution in [0.3, 0.4) is 0 Å². The van der Waals surface area contributed by atoms with Gasteiger partial charge in [-0.2, -0.15) is 0 Å². The third kappa shape index (κ3) is 5.42. The Morgan fingerprint density at radius 1 is 0.605 bits per heavy atom. The minimum absolute atomic E-state index is 0.0841. The summed E-state index contributed by atoms with van der Waals surface area (Å²) in [6, 6.07) is 43.5. The summed E-state index contributed by atoms with van der Waals surface area (Å²) in [6.07, 6.45) is 0. The van der Waals surface area contributed by atoms with Crippen molar-refractivity contribution in [1.29, 1.82) is 0 Å². The zero-order valence-electron chi connectivity index (χ0n) is 26.1. The smallest absolute Gasteiger partial charge is 0.309 e. The molecule has 4 heteroatoms. The number of aliphatic hydroxyl groups is 1. The highest BCUT2D eigenvalue weighted by Crippen LogP contribution is 2.50. The van der Waals surface area contributed by atoms with Crippen LogP contribution in [0.15, 0.2) is 121 Å². The predicted molar refractivity (Wildman–Crippen MR) is 182 cm³/mol. The van der Waals surface area contributed by atoms with Crippen LogP contribution in [0.4, 0.5) is 17.1 Å². The fourth-order valence-electron chi connectivity index (χ4n) is 5.89. The van der Waals surface area contributed by atoms with E-state index in [9.17, 15) is 5.11 Å². The number of fused-ring (bicyclic) bond motifs is 3. The van der Waals surface area contributed by atoms with Gasteiger partial charge in [-0.25, -0.2) is 0 Å². The Balaban J connectivity index is 1.38. The molecule has 0 radical (unpaired) electrons. The highest BCUT2D eigenvalue weighted by atomic mass is 16.5. The van der Waals surface area contributed by atoms with Crippen molar-refractivity contribution in [3.63, 3.8) is 0 Å². The van der Waals surface area contributed by atoms with Crippen molar-refractivity contribution < 1.29 is 9.76 Å². The maximum atomic E-state index is 10.5. The average Bonchev–Trinajstić information content (AvgIpc) is 3.23. The molecule has 0 atom stereocenters. The SMILES string of the molecule is CC1(C)c2ccccc2-c2ccc(N(c3ccc(BOC(C)(C)C(C)(C)O)cc3)c3ccc(-c4ccccc4)cc3)cc21. The zero-order valence-corrected chi connectivity index (χ0v) is 26.1. The van der Waals surface area contributed by atoms with E-state index in [1.807, 2.05) is 19.9 Å². The Hall–Kier alpha value is -4.12. The Labute approximate surface area is 257 Å². The lowest BCUT2D eigenvalue weighted by Crippen LogP contribution is -2.49. The van der Waals surface area contributed by atoms with Crippen LogP contribution < -0.4 is 10.4 Å². The topological polar surface area (TPSA) is 32.7 Å². The second-order valence-corrected chi connectivity index (χ2v) is 13.2. The molecule has 0 unspecified atom stereocenters. The van der Waals surface area contributed by atoms with Crippen molar-refractivity contribution in [2.24, 2.45) is 0 Å². The van der Waals surface area contributed by atoms with Gasteiger partial charge in [-0.05, 0) is 97.5 Å². The van der Waals surface area contributed by atoms with Gasteiger partial charge >= 0.3 is 7.48 Å². The van der Waals surface area contributed by atoms with Gasteiger partial charge in [0.2, 0.25) is 0 Å². The van der Waals surface area contributed by atoms with E-state index in [2.05, 4.69) is 134 Å². The number of benzene rings is 5. The molecule has 0 aromatic heterocycles. The van der Waals surface area contributed by atoms with Gasteiger partial charge in [0, 0.05) is 22.5 Å². The monoisotopic (exact) mass is 565 g/mol. The summed E-state index contributed by atoms with van der Waals surface area (Å²) < 4.78 is 6.15. The third-order valence-electron chi connectivity index (χ3n) is 9.33. The van der Waals surface area contributed by atoms with E-state index in [0.717, 1.165) is 22.5 Å². The van der Waals surface area contributed by atoms with E-state index in [1.165, 1.54) is 33.4 Å². The Bertz CT molecular complexity index is 1730. The summed E-state index contributed by atoms with van der Waals surface area (Å²) in [6.45, 7) is 12.1. The van der Waals surface area contributed by atoms with Crippen molar-refractivity contribution in [2.45, 2.75) is 58.2 Å². The number of hydrogen-bond acceptors (Lipinski definition) is 3. The maximum Gasteiger partial charge on any atom is 0.309 e. The number of anilines is 3. The van der Waals surface area contributed by atoms with Gasteiger partial charge in [-0.3, -0.25) is 0 Å². The molecule has 0 saturated heterocycles. The van der Waals surface area contributed by atoms with Crippen LogP contribution in [0.25, 0.3) is 22.3 Å². The summed E-state index contributed by atoms with van der Waals surface area (Å²) in [5.41, 5.74) is 10.4. The van der Waals surface area contributed by atoms with Crippen LogP contribution >= 0.6 is 0 Å². The molecule has 0 bridgehead atoms. The number of nitrogens with zero attached hydrogens (tertiary/aromatic N) is 1. The first-order valence-corrected chi connectivity index (χ1v) is 15.1. The first-order chi connectivity index (χ1) is 20.5. The first kappa shape index (κ1) is 29.0. The van der Waals surface area contributed by atoms with E-state index < -0.39 is 11.2 Å². The minimum Gasteiger partial charge on any atom is -0.427 e. The molecule has 216 valence electrons. The predicted octanol–water partition coefficient (Wildman–Crippen LogP) is 8.67. The summed E-state index contributed by atoms with van der Waals surface area (Å²) >= 11 is 0. The normalized spacial score (nSPS) is 13.7. The van der Waals surface area contributed by atoms with Gasteiger partial charge < -0.3 is 14.7 Å². The van der Waals surface area contributed by atoms with Gasteiger partial charge in [0.05, 0.1) is 11.2 Å². The van der Waals surface area contributed by atoms with Crippen LogP contribution in [0.5, 0.6) is 0 Å². The number of hydrogen-bond donors (Lipinski definition) is 1. The quantitative estimate of drug-likeness (QED) is 0.191. The molecule has 0 aliphatic heterocycles. The standard InChI is InChI=1S/C39H40BNO2/c1-37(2)35-15-11-10-14-33(35)34-25-24-32(26-36(34)37)41(30-20-16-28(17-21-30)27-12-8-7-9-13-27)31-22-18-29(19-23-31)40-43-39(5,6)38(3,4)42/h7-26,40,42H,1-6H3. The Kier molecular flexibility index (Phi) is 7.32. The molecule has 3 nitrogen and oxygen atoms in total. The molecular formula is C39H40BNO2.